The molecule has 0 bridgehead atoms. The number of nitrogens with one attached hydrogen (secondary N) is 1. The van der Waals surface area contributed by atoms with E-state index in [0.29, 0.717) is 6.04 Å². The Hall–Kier alpha value is -1.35. The molecule has 3 nitrogen and oxygen atoms in total. The van der Waals surface area contributed by atoms with Crippen LogP contribution in [-0.2, 0) is 4.79 Å². The molecule has 3 heteroatoms. The number of rotatable bonds is 2. The molecule has 2 atom stereocenters. The predicted molar refractivity (Wildman–Crippen MR) is 77.2 cm³/mol. The van der Waals surface area contributed by atoms with Gasteiger partial charge in [-0.2, -0.15) is 0 Å². The second-order valence-corrected chi connectivity index (χ2v) is 6.01. The fourth-order valence-electron chi connectivity index (χ4n) is 3.67. The average molecular weight is 258 g/mol. The molecule has 0 aliphatic carbocycles. The Morgan fingerprint density at radius 3 is 2.63 bits per heavy atom. The van der Waals surface area contributed by atoms with Gasteiger partial charge in [-0.1, -0.05) is 6.07 Å². The van der Waals surface area contributed by atoms with Crippen molar-refractivity contribution >= 4 is 11.6 Å². The molecule has 2 unspecified atom stereocenters. The molecule has 1 amide bonds. The van der Waals surface area contributed by atoms with Gasteiger partial charge in [0.1, 0.15) is 0 Å². The Morgan fingerprint density at radius 1 is 1.16 bits per heavy atom. The summed E-state index contributed by atoms with van der Waals surface area (Å²) in [6, 6.07) is 6.72. The van der Waals surface area contributed by atoms with Gasteiger partial charge in [0, 0.05) is 11.7 Å². The van der Waals surface area contributed by atoms with Gasteiger partial charge in [-0.25, -0.2) is 0 Å². The van der Waals surface area contributed by atoms with E-state index in [-0.39, 0.29) is 11.8 Å². The number of hydrogen-bond donors (Lipinski definition) is 1. The summed E-state index contributed by atoms with van der Waals surface area (Å²) < 4.78 is 0. The Bertz CT molecular complexity index is 477. The van der Waals surface area contributed by atoms with Crippen LogP contribution in [0.15, 0.2) is 18.2 Å². The van der Waals surface area contributed by atoms with Crippen molar-refractivity contribution in [3.63, 3.8) is 0 Å². The Labute approximate surface area is 115 Å². The first-order valence-corrected chi connectivity index (χ1v) is 7.27. The zero-order chi connectivity index (χ0) is 13.4. The van der Waals surface area contributed by atoms with E-state index in [1.165, 1.54) is 30.5 Å². The molecule has 2 aliphatic heterocycles. The fraction of sp³-hybridized carbons (Fsp3) is 0.562. The summed E-state index contributed by atoms with van der Waals surface area (Å²) in [5.41, 5.74) is 3.34. The van der Waals surface area contributed by atoms with Crippen LogP contribution in [-0.4, -0.2) is 29.9 Å². The number of aryl methyl sites for hydroxylation is 2. The lowest BCUT2D eigenvalue weighted by atomic mass is 9.97. The summed E-state index contributed by atoms with van der Waals surface area (Å²) in [6.45, 7) is 6.40. The minimum absolute atomic E-state index is 0.184. The summed E-state index contributed by atoms with van der Waals surface area (Å²) in [5, 5.41) is 3.11. The normalized spacial score (nSPS) is 26.4. The van der Waals surface area contributed by atoms with Crippen molar-refractivity contribution in [3.8, 4) is 0 Å². The second-order valence-electron chi connectivity index (χ2n) is 6.01. The molecule has 2 heterocycles. The van der Waals surface area contributed by atoms with Gasteiger partial charge in [0.15, 0.2) is 0 Å². The monoisotopic (exact) mass is 258 g/mol. The topological polar surface area (TPSA) is 32.3 Å². The van der Waals surface area contributed by atoms with Crippen LogP contribution in [0.3, 0.4) is 0 Å². The first-order valence-electron chi connectivity index (χ1n) is 7.27. The number of anilines is 1. The lowest BCUT2D eigenvalue weighted by Crippen LogP contribution is -2.33. The van der Waals surface area contributed by atoms with Crippen molar-refractivity contribution in [1.82, 2.24) is 4.90 Å². The maximum absolute atomic E-state index is 12.4. The van der Waals surface area contributed by atoms with Gasteiger partial charge < -0.3 is 5.32 Å². The molecule has 1 aromatic rings. The average Bonchev–Trinajstić information content (AvgIpc) is 2.87. The maximum Gasteiger partial charge on any atom is 0.229 e. The lowest BCUT2D eigenvalue weighted by molar-refractivity contribution is -0.120. The number of carbonyl (C=O) groups excluding carboxylic acids is 1. The second kappa shape index (κ2) is 4.97. The zero-order valence-corrected chi connectivity index (χ0v) is 11.8. The number of nitrogens with zero attached hydrogens (tertiary/aromatic N) is 1. The number of fused-ring (bicyclic) bond motifs is 1. The molecule has 102 valence electrons. The van der Waals surface area contributed by atoms with Crippen LogP contribution in [0, 0.1) is 19.8 Å². The molecule has 0 aromatic heterocycles. The molecule has 2 saturated heterocycles. The van der Waals surface area contributed by atoms with Gasteiger partial charge in [-0.05, 0) is 69.5 Å². The van der Waals surface area contributed by atoms with E-state index < -0.39 is 0 Å². The fourth-order valence-corrected chi connectivity index (χ4v) is 3.67. The maximum atomic E-state index is 12.4. The Balaban J connectivity index is 1.71. The highest BCUT2D eigenvalue weighted by Gasteiger charge is 2.40. The van der Waals surface area contributed by atoms with Crippen molar-refractivity contribution in [2.24, 2.45) is 5.92 Å². The zero-order valence-electron chi connectivity index (χ0n) is 11.8. The van der Waals surface area contributed by atoms with Crippen LogP contribution in [0.25, 0.3) is 0 Å². The van der Waals surface area contributed by atoms with E-state index in [1.807, 2.05) is 12.1 Å². The Kier molecular flexibility index (Phi) is 3.31. The summed E-state index contributed by atoms with van der Waals surface area (Å²) in [4.78, 5) is 14.9. The van der Waals surface area contributed by atoms with E-state index in [1.54, 1.807) is 0 Å². The summed E-state index contributed by atoms with van der Waals surface area (Å²) in [6.07, 6.45) is 3.45. The lowest BCUT2D eigenvalue weighted by Gasteiger charge is -2.19. The molecule has 19 heavy (non-hydrogen) atoms. The van der Waals surface area contributed by atoms with Gasteiger partial charge in [0.25, 0.3) is 0 Å². The van der Waals surface area contributed by atoms with Crippen LogP contribution in [0.2, 0.25) is 0 Å². The van der Waals surface area contributed by atoms with Crippen molar-refractivity contribution < 1.29 is 4.79 Å². The highest BCUT2D eigenvalue weighted by Crippen LogP contribution is 2.33. The van der Waals surface area contributed by atoms with Crippen LogP contribution >= 0.6 is 0 Å². The van der Waals surface area contributed by atoms with Crippen LogP contribution < -0.4 is 5.32 Å². The van der Waals surface area contributed by atoms with Crippen molar-refractivity contribution in [2.75, 3.05) is 18.4 Å². The minimum atomic E-state index is 0.184. The van der Waals surface area contributed by atoms with Gasteiger partial charge in [0.2, 0.25) is 5.91 Å². The standard InChI is InChI=1S/C16H22N2O/c1-11-8-12(2)10-13(9-11)17-16(19)14-5-7-18-6-3-4-15(14)18/h8-10,14-15H,3-7H2,1-2H3,(H,17,19). The number of hydrogen-bond acceptors (Lipinski definition) is 2. The van der Waals surface area contributed by atoms with Crippen molar-refractivity contribution in [3.05, 3.63) is 29.3 Å². The number of benzene rings is 1. The molecule has 0 radical (unpaired) electrons. The molecule has 1 N–H and O–H groups in total. The predicted octanol–water partition coefficient (Wildman–Crippen LogP) is 2.73. The highest BCUT2D eigenvalue weighted by atomic mass is 16.2. The smallest absolute Gasteiger partial charge is 0.229 e. The molecule has 0 saturated carbocycles. The molecule has 3 rings (SSSR count). The van der Waals surface area contributed by atoms with Crippen LogP contribution in [0.5, 0.6) is 0 Å². The van der Waals surface area contributed by atoms with E-state index in [2.05, 4.69) is 30.1 Å². The quantitative estimate of drug-likeness (QED) is 0.884. The molecule has 1 aromatic carbocycles. The molecule has 2 aliphatic rings. The first kappa shape index (κ1) is 12.7. The van der Waals surface area contributed by atoms with Crippen LogP contribution in [0.4, 0.5) is 5.69 Å². The minimum Gasteiger partial charge on any atom is -0.326 e. The number of amides is 1. The molecule has 2 fully saturated rings. The third kappa shape index (κ3) is 2.52. The highest BCUT2D eigenvalue weighted by molar-refractivity contribution is 5.93. The van der Waals surface area contributed by atoms with Crippen molar-refractivity contribution in [1.29, 1.82) is 0 Å². The largest absolute Gasteiger partial charge is 0.326 e. The molecular formula is C16H22N2O. The third-order valence-corrected chi connectivity index (χ3v) is 4.43. The third-order valence-electron chi connectivity index (χ3n) is 4.43. The van der Waals surface area contributed by atoms with Gasteiger partial charge in [-0.3, -0.25) is 9.69 Å². The van der Waals surface area contributed by atoms with Gasteiger partial charge >= 0.3 is 0 Å². The summed E-state index contributed by atoms with van der Waals surface area (Å²) in [7, 11) is 0. The first-order chi connectivity index (χ1) is 9.13. The van der Waals surface area contributed by atoms with Crippen molar-refractivity contribution in [2.45, 2.75) is 39.2 Å². The van der Waals surface area contributed by atoms with E-state index in [9.17, 15) is 4.79 Å². The Morgan fingerprint density at radius 2 is 1.89 bits per heavy atom. The van der Waals surface area contributed by atoms with Crippen LogP contribution in [0.1, 0.15) is 30.4 Å². The van der Waals surface area contributed by atoms with Gasteiger partial charge in [-0.15, -0.1) is 0 Å². The summed E-state index contributed by atoms with van der Waals surface area (Å²) >= 11 is 0. The van der Waals surface area contributed by atoms with E-state index in [0.717, 1.165) is 18.7 Å². The molecular weight excluding hydrogens is 236 g/mol. The van der Waals surface area contributed by atoms with E-state index in [4.69, 9.17) is 0 Å². The number of carbonyl (C=O) groups is 1. The van der Waals surface area contributed by atoms with E-state index >= 15 is 0 Å². The van der Waals surface area contributed by atoms with Gasteiger partial charge in [0.05, 0.1) is 5.92 Å². The summed E-state index contributed by atoms with van der Waals surface area (Å²) in [5.74, 6) is 0.391. The molecule has 0 spiro atoms. The SMILES string of the molecule is Cc1cc(C)cc(NC(=O)C2CCN3CCCC23)c1.